The van der Waals surface area contributed by atoms with E-state index >= 15 is 0 Å². The zero-order valence-corrected chi connectivity index (χ0v) is 29.7. The Morgan fingerprint density at radius 1 is 0.600 bits per heavy atom. The smallest absolute Gasteiger partial charge is 0.158 e. The number of fused-ring (bicyclic) bond motifs is 2. The zero-order chi connectivity index (χ0) is 32.3. The molecule has 7 heteroatoms. The van der Waals surface area contributed by atoms with Gasteiger partial charge in [-0.15, -0.1) is 22.7 Å². The Hall–Kier alpha value is -3.39. The van der Waals surface area contributed by atoms with Gasteiger partial charge in [-0.1, -0.05) is 101 Å². The Morgan fingerprint density at radius 3 is 1.38 bits per heavy atom. The highest BCUT2D eigenvalue weighted by molar-refractivity contribution is 8.02. The van der Waals surface area contributed by atoms with Crippen LogP contribution in [0.15, 0.2) is 69.3 Å². The van der Waals surface area contributed by atoms with Gasteiger partial charge < -0.3 is 10.2 Å². The van der Waals surface area contributed by atoms with Crippen molar-refractivity contribution < 1.29 is 10.2 Å². The predicted molar refractivity (Wildman–Crippen MR) is 192 cm³/mol. The van der Waals surface area contributed by atoms with Crippen molar-refractivity contribution in [2.75, 3.05) is 0 Å². The summed E-state index contributed by atoms with van der Waals surface area (Å²) in [6, 6.07) is 21.0. The normalized spacial score (nSPS) is 12.4. The number of phenols is 2. The highest BCUT2D eigenvalue weighted by Gasteiger charge is 2.23. The maximum Gasteiger partial charge on any atom is 0.158 e. The Balaban J connectivity index is 1.30. The van der Waals surface area contributed by atoms with Gasteiger partial charge >= 0.3 is 0 Å². The number of benzene rings is 4. The molecule has 6 rings (SSSR count). The third kappa shape index (κ3) is 6.49. The van der Waals surface area contributed by atoms with E-state index < -0.39 is 0 Å². The van der Waals surface area contributed by atoms with Crippen LogP contribution in [0.25, 0.3) is 20.4 Å². The number of hydrogen-bond acceptors (Lipinski definition) is 7. The van der Waals surface area contributed by atoms with Gasteiger partial charge in [-0.05, 0) is 82.0 Å². The molecule has 2 heterocycles. The van der Waals surface area contributed by atoms with Gasteiger partial charge in [0.05, 0.1) is 20.4 Å². The average molecular weight is 653 g/mol. The number of phenolic OH excluding ortho intramolecular Hbond substituents is 2. The molecule has 0 bridgehead atoms. The van der Waals surface area contributed by atoms with E-state index in [0.717, 1.165) is 73.6 Å². The molecule has 0 aliphatic carbocycles. The maximum absolute atomic E-state index is 11.2. The quantitative estimate of drug-likeness (QED) is 0.187. The van der Waals surface area contributed by atoms with E-state index in [1.54, 1.807) is 34.4 Å². The second-order valence-electron chi connectivity index (χ2n) is 14.1. The molecule has 4 nitrogen and oxygen atoms in total. The summed E-state index contributed by atoms with van der Waals surface area (Å²) in [6.45, 7) is 17.0. The van der Waals surface area contributed by atoms with Gasteiger partial charge in [-0.25, -0.2) is 9.97 Å². The van der Waals surface area contributed by atoms with Crippen molar-refractivity contribution in [3.63, 3.8) is 0 Å². The van der Waals surface area contributed by atoms with Crippen LogP contribution in [0.1, 0.15) is 86.1 Å². The second kappa shape index (κ2) is 11.8. The van der Waals surface area contributed by atoms with E-state index in [-0.39, 0.29) is 10.8 Å². The van der Waals surface area contributed by atoms with Crippen LogP contribution in [0, 0.1) is 13.8 Å². The van der Waals surface area contributed by atoms with Gasteiger partial charge in [-0.3, -0.25) is 0 Å². The fraction of sp³-hybridized carbons (Fsp3) is 0.316. The Kier molecular flexibility index (Phi) is 8.25. The molecule has 0 aliphatic rings. The molecule has 4 aromatic carbocycles. The van der Waals surface area contributed by atoms with Gasteiger partial charge in [-0.2, -0.15) is 0 Å². The van der Waals surface area contributed by atoms with E-state index in [4.69, 9.17) is 9.97 Å². The molecule has 0 fully saturated rings. The molecule has 0 spiro atoms. The summed E-state index contributed by atoms with van der Waals surface area (Å²) in [5, 5.41) is 22.4. The first-order valence-electron chi connectivity index (χ1n) is 15.3. The van der Waals surface area contributed by atoms with Crippen LogP contribution in [-0.2, 0) is 23.7 Å². The van der Waals surface area contributed by atoms with Crippen molar-refractivity contribution in [3.05, 3.63) is 105 Å². The van der Waals surface area contributed by atoms with E-state index in [0.29, 0.717) is 24.3 Å². The topological polar surface area (TPSA) is 66.2 Å². The number of thiazole rings is 2. The van der Waals surface area contributed by atoms with Crippen molar-refractivity contribution >= 4 is 54.9 Å². The largest absolute Gasteiger partial charge is 0.507 e. The summed E-state index contributed by atoms with van der Waals surface area (Å²) in [6.07, 6.45) is 1.24. The van der Waals surface area contributed by atoms with Crippen molar-refractivity contribution in [2.45, 2.75) is 87.7 Å². The number of para-hydroxylation sites is 2. The summed E-state index contributed by atoms with van der Waals surface area (Å²) in [7, 11) is 0. The third-order valence-corrected chi connectivity index (χ3v) is 11.3. The molecule has 0 amide bonds. The van der Waals surface area contributed by atoms with Crippen molar-refractivity contribution in [2.24, 2.45) is 0 Å². The predicted octanol–water partition coefficient (Wildman–Crippen LogP) is 10.9. The molecule has 2 N–H and O–H groups in total. The Morgan fingerprint density at radius 2 is 1.00 bits per heavy atom. The Labute approximate surface area is 278 Å². The van der Waals surface area contributed by atoms with E-state index in [1.165, 1.54) is 0 Å². The van der Waals surface area contributed by atoms with Crippen LogP contribution in [0.5, 0.6) is 11.5 Å². The van der Waals surface area contributed by atoms with E-state index in [1.807, 2.05) is 0 Å². The van der Waals surface area contributed by atoms with Gasteiger partial charge in [0.1, 0.15) is 11.5 Å². The molecule has 6 aromatic rings. The van der Waals surface area contributed by atoms with E-state index in [2.05, 4.69) is 116 Å². The number of aryl methyl sites for hydroxylation is 2. The molecule has 0 aliphatic heterocycles. The van der Waals surface area contributed by atoms with Crippen molar-refractivity contribution in [1.29, 1.82) is 0 Å². The first-order chi connectivity index (χ1) is 21.2. The fourth-order valence-electron chi connectivity index (χ4n) is 5.95. The number of aromatic nitrogens is 2. The standard InChI is InChI=1S/C38H40N2O2S3/c1-21-15-25(33(41)27(17-21)37(3,4)5)19-23-11-9-13-29-31(23)39-35(43-29)45-36-40-32-24(12-10-14-30(32)44-36)20-26-16-22(2)18-28(34(26)42)38(6,7)8/h9-18,41-42H,19-20H2,1-8H3. The minimum atomic E-state index is -0.145. The minimum Gasteiger partial charge on any atom is -0.507 e. The summed E-state index contributed by atoms with van der Waals surface area (Å²) in [5.41, 5.74) is 10.0. The average Bonchev–Trinajstić information content (AvgIpc) is 3.55. The van der Waals surface area contributed by atoms with Gasteiger partial charge in [0.25, 0.3) is 0 Å². The molecule has 0 saturated carbocycles. The highest BCUT2D eigenvalue weighted by Crippen LogP contribution is 2.42. The molecule has 45 heavy (non-hydrogen) atoms. The first-order valence-corrected chi connectivity index (χ1v) is 17.7. The summed E-state index contributed by atoms with van der Waals surface area (Å²) in [4.78, 5) is 10.2. The van der Waals surface area contributed by atoms with Crippen LogP contribution in [0.2, 0.25) is 0 Å². The van der Waals surface area contributed by atoms with Crippen molar-refractivity contribution in [1.82, 2.24) is 9.97 Å². The lowest BCUT2D eigenvalue weighted by molar-refractivity contribution is 0.440. The molecule has 0 unspecified atom stereocenters. The summed E-state index contributed by atoms with van der Waals surface area (Å²) < 4.78 is 4.16. The number of aromatic hydroxyl groups is 2. The van der Waals surface area contributed by atoms with Crippen LogP contribution in [-0.4, -0.2) is 20.2 Å². The Bertz CT molecular complexity index is 1910. The fourth-order valence-corrected chi connectivity index (χ4v) is 9.37. The second-order valence-corrected chi connectivity index (χ2v) is 17.6. The first kappa shape index (κ1) is 31.6. The third-order valence-electron chi connectivity index (χ3n) is 8.18. The highest BCUT2D eigenvalue weighted by atomic mass is 32.2. The zero-order valence-electron chi connectivity index (χ0n) is 27.2. The summed E-state index contributed by atoms with van der Waals surface area (Å²) in [5.74, 6) is 0.766. The minimum absolute atomic E-state index is 0.145. The van der Waals surface area contributed by atoms with Crippen LogP contribution in [0.3, 0.4) is 0 Å². The lowest BCUT2D eigenvalue weighted by Crippen LogP contribution is -2.12. The van der Waals surface area contributed by atoms with Crippen LogP contribution in [0.4, 0.5) is 0 Å². The molecular weight excluding hydrogens is 613 g/mol. The molecular formula is C38H40N2O2S3. The maximum atomic E-state index is 11.2. The van der Waals surface area contributed by atoms with Gasteiger partial charge in [0.15, 0.2) is 8.68 Å². The van der Waals surface area contributed by atoms with Crippen LogP contribution >= 0.6 is 34.4 Å². The molecule has 0 saturated heterocycles. The lowest BCUT2D eigenvalue weighted by atomic mass is 9.83. The molecule has 2 aromatic heterocycles. The molecule has 0 atom stereocenters. The van der Waals surface area contributed by atoms with Crippen molar-refractivity contribution in [3.8, 4) is 11.5 Å². The number of hydrogen-bond donors (Lipinski definition) is 2. The monoisotopic (exact) mass is 652 g/mol. The number of nitrogens with zero attached hydrogens (tertiary/aromatic N) is 2. The lowest BCUT2D eigenvalue weighted by Gasteiger charge is -2.23. The van der Waals surface area contributed by atoms with Gasteiger partial charge in [0, 0.05) is 12.8 Å². The molecule has 232 valence electrons. The number of rotatable bonds is 6. The van der Waals surface area contributed by atoms with Crippen LogP contribution < -0.4 is 0 Å². The molecule has 0 radical (unpaired) electrons. The van der Waals surface area contributed by atoms with Gasteiger partial charge in [0.2, 0.25) is 0 Å². The SMILES string of the molecule is Cc1cc(Cc2cccc3sc(Sc4nc5c(Cc6cc(C)cc(C(C)(C)C)c6O)cccc5s4)nc23)c(O)c(C(C)(C)C)c1. The van der Waals surface area contributed by atoms with E-state index in [9.17, 15) is 10.2 Å². The summed E-state index contributed by atoms with van der Waals surface area (Å²) >= 11 is 4.97.